The van der Waals surface area contributed by atoms with Crippen molar-refractivity contribution in [1.29, 1.82) is 0 Å². The predicted octanol–water partition coefficient (Wildman–Crippen LogP) is 0.765. The van der Waals surface area contributed by atoms with E-state index in [1.807, 2.05) is 26.8 Å². The molecule has 4 heterocycles. The van der Waals surface area contributed by atoms with E-state index in [9.17, 15) is 19.2 Å². The Morgan fingerprint density at radius 2 is 1.85 bits per heavy atom. The van der Waals surface area contributed by atoms with Crippen molar-refractivity contribution >= 4 is 29.1 Å². The third kappa shape index (κ3) is 4.77. The Hall–Kier alpha value is -3.21. The normalized spacial score (nSPS) is 20.2. The number of ether oxygens (including phenoxy) is 1. The lowest BCUT2D eigenvalue weighted by Crippen LogP contribution is -2.49. The quantitative estimate of drug-likeness (QED) is 0.675. The van der Waals surface area contributed by atoms with Crippen molar-refractivity contribution in [1.82, 2.24) is 29.2 Å². The number of carbonyl (C=O) groups excluding carboxylic acids is 3. The minimum atomic E-state index is -0.729. The first kappa shape index (κ1) is 23.0. The zero-order valence-electron chi connectivity index (χ0n) is 19.5. The highest BCUT2D eigenvalue weighted by Gasteiger charge is 2.32. The average molecular weight is 459 g/mol. The summed E-state index contributed by atoms with van der Waals surface area (Å²) in [4.78, 5) is 57.5. The van der Waals surface area contributed by atoms with Gasteiger partial charge >= 0.3 is 11.8 Å². The second-order valence-electron chi connectivity index (χ2n) is 9.57. The largest absolute Gasteiger partial charge is 0.444 e. The van der Waals surface area contributed by atoms with Gasteiger partial charge in [0.1, 0.15) is 11.6 Å². The molecule has 2 saturated heterocycles. The SMILES string of the molecule is Cn1c(=O)n(C2CCC(=O)NC2=O)c2ccc(CN3CCN(C(=O)OC(C)(C)C)CC3)nc21. The summed E-state index contributed by atoms with van der Waals surface area (Å²) in [5.41, 5.74) is 0.998. The summed E-state index contributed by atoms with van der Waals surface area (Å²) in [7, 11) is 1.63. The first-order valence-electron chi connectivity index (χ1n) is 11.1. The average Bonchev–Trinajstić information content (AvgIpc) is 2.98. The van der Waals surface area contributed by atoms with Crippen molar-refractivity contribution in [3.05, 3.63) is 28.3 Å². The first-order chi connectivity index (χ1) is 15.5. The molecule has 2 aromatic rings. The molecule has 2 aliphatic heterocycles. The van der Waals surface area contributed by atoms with Crippen LogP contribution in [-0.4, -0.2) is 73.6 Å². The molecule has 0 radical (unpaired) electrons. The number of aryl methyl sites for hydroxylation is 1. The molecule has 4 rings (SSSR count). The number of imidazole rings is 1. The second-order valence-corrected chi connectivity index (χ2v) is 9.57. The van der Waals surface area contributed by atoms with E-state index in [1.54, 1.807) is 18.0 Å². The smallest absolute Gasteiger partial charge is 0.410 e. The number of imide groups is 1. The van der Waals surface area contributed by atoms with E-state index in [4.69, 9.17) is 4.74 Å². The molecule has 11 heteroatoms. The first-order valence-corrected chi connectivity index (χ1v) is 11.1. The molecular formula is C22H30N6O5. The summed E-state index contributed by atoms with van der Waals surface area (Å²) in [5, 5.41) is 2.31. The molecule has 3 amide bonds. The Labute approximate surface area is 191 Å². The number of nitrogens with one attached hydrogen (secondary N) is 1. The van der Waals surface area contributed by atoms with Gasteiger partial charge in [-0.05, 0) is 39.3 Å². The zero-order valence-corrected chi connectivity index (χ0v) is 19.5. The monoisotopic (exact) mass is 458 g/mol. The van der Waals surface area contributed by atoms with Gasteiger partial charge in [0, 0.05) is 46.2 Å². The lowest BCUT2D eigenvalue weighted by Gasteiger charge is -2.35. The molecule has 1 unspecified atom stereocenters. The zero-order chi connectivity index (χ0) is 23.9. The fourth-order valence-electron chi connectivity index (χ4n) is 4.23. The molecule has 11 nitrogen and oxygen atoms in total. The minimum absolute atomic E-state index is 0.194. The fourth-order valence-corrected chi connectivity index (χ4v) is 4.23. The summed E-state index contributed by atoms with van der Waals surface area (Å²) in [6.45, 7) is 8.65. The predicted molar refractivity (Wildman–Crippen MR) is 119 cm³/mol. The molecule has 0 aromatic carbocycles. The maximum Gasteiger partial charge on any atom is 0.410 e. The van der Waals surface area contributed by atoms with Gasteiger partial charge in [-0.1, -0.05) is 0 Å². The van der Waals surface area contributed by atoms with Gasteiger partial charge in [-0.3, -0.25) is 28.9 Å². The van der Waals surface area contributed by atoms with Crippen LogP contribution in [0.5, 0.6) is 0 Å². The molecule has 0 bridgehead atoms. The van der Waals surface area contributed by atoms with Gasteiger partial charge in [-0.2, -0.15) is 0 Å². The maximum absolute atomic E-state index is 12.9. The van der Waals surface area contributed by atoms with Crippen LogP contribution in [-0.2, 0) is 27.9 Å². The van der Waals surface area contributed by atoms with Gasteiger partial charge in [0.05, 0.1) is 11.2 Å². The van der Waals surface area contributed by atoms with Gasteiger partial charge < -0.3 is 9.64 Å². The number of hydrogen-bond donors (Lipinski definition) is 1. The van der Waals surface area contributed by atoms with E-state index in [0.29, 0.717) is 43.9 Å². The second kappa shape index (κ2) is 8.62. The molecule has 178 valence electrons. The lowest BCUT2D eigenvalue weighted by molar-refractivity contribution is -0.135. The van der Waals surface area contributed by atoms with Gasteiger partial charge in [0.25, 0.3) is 0 Å². The Kier molecular flexibility index (Phi) is 6.00. The van der Waals surface area contributed by atoms with Crippen LogP contribution < -0.4 is 11.0 Å². The van der Waals surface area contributed by atoms with Crippen LogP contribution in [0.3, 0.4) is 0 Å². The van der Waals surface area contributed by atoms with E-state index in [-0.39, 0.29) is 30.5 Å². The number of nitrogens with zero attached hydrogens (tertiary/aromatic N) is 5. The number of hydrogen-bond acceptors (Lipinski definition) is 7. The molecule has 2 aromatic heterocycles. The number of piperazine rings is 1. The van der Waals surface area contributed by atoms with Crippen LogP contribution in [0.4, 0.5) is 4.79 Å². The molecule has 2 aliphatic rings. The highest BCUT2D eigenvalue weighted by atomic mass is 16.6. The summed E-state index contributed by atoms with van der Waals surface area (Å²) in [5.74, 6) is -0.788. The van der Waals surface area contributed by atoms with Crippen LogP contribution >= 0.6 is 0 Å². The van der Waals surface area contributed by atoms with Crippen molar-refractivity contribution in [2.24, 2.45) is 7.05 Å². The van der Waals surface area contributed by atoms with Gasteiger partial charge in [0.2, 0.25) is 11.8 Å². The van der Waals surface area contributed by atoms with Gasteiger partial charge in [0.15, 0.2) is 5.65 Å². The summed E-state index contributed by atoms with van der Waals surface area (Å²) < 4.78 is 8.30. The van der Waals surface area contributed by atoms with Gasteiger partial charge in [-0.15, -0.1) is 0 Å². The van der Waals surface area contributed by atoms with Crippen molar-refractivity contribution in [3.8, 4) is 0 Å². The molecule has 1 atom stereocenters. The van der Waals surface area contributed by atoms with Crippen LogP contribution in [0.15, 0.2) is 16.9 Å². The van der Waals surface area contributed by atoms with Crippen LogP contribution in [0, 0.1) is 0 Å². The Bertz CT molecular complexity index is 1150. The van der Waals surface area contributed by atoms with Crippen molar-refractivity contribution < 1.29 is 19.1 Å². The Balaban J connectivity index is 1.47. The van der Waals surface area contributed by atoms with Crippen molar-refractivity contribution in [3.63, 3.8) is 0 Å². The van der Waals surface area contributed by atoms with Crippen LogP contribution in [0.2, 0.25) is 0 Å². The number of fused-ring (bicyclic) bond motifs is 1. The van der Waals surface area contributed by atoms with E-state index in [1.165, 1.54) is 9.13 Å². The van der Waals surface area contributed by atoms with Gasteiger partial charge in [-0.25, -0.2) is 14.6 Å². The Morgan fingerprint density at radius 1 is 1.15 bits per heavy atom. The van der Waals surface area contributed by atoms with Crippen molar-refractivity contribution in [2.45, 2.75) is 51.8 Å². The third-order valence-corrected chi connectivity index (χ3v) is 5.91. The van der Waals surface area contributed by atoms with Crippen molar-refractivity contribution in [2.75, 3.05) is 26.2 Å². The molecule has 0 spiro atoms. The Morgan fingerprint density at radius 3 is 2.48 bits per heavy atom. The van der Waals surface area contributed by atoms with E-state index < -0.39 is 17.6 Å². The molecule has 33 heavy (non-hydrogen) atoms. The van der Waals surface area contributed by atoms with Crippen LogP contribution in [0.1, 0.15) is 45.3 Å². The molecular weight excluding hydrogens is 428 g/mol. The number of rotatable bonds is 3. The highest BCUT2D eigenvalue weighted by molar-refractivity contribution is 6.00. The summed E-state index contributed by atoms with van der Waals surface area (Å²) >= 11 is 0. The number of amides is 3. The fraction of sp³-hybridized carbons (Fsp3) is 0.591. The lowest BCUT2D eigenvalue weighted by atomic mass is 10.1. The standard InChI is InChI=1S/C22H30N6O5/c1-22(2,3)33-21(32)27-11-9-26(10-12-27)13-14-5-6-15-18(23-14)25(4)20(31)28(15)16-7-8-17(29)24-19(16)30/h5-6,16H,7-13H2,1-4H3,(H,24,29,30). The molecule has 0 aliphatic carbocycles. The summed E-state index contributed by atoms with van der Waals surface area (Å²) in [6.07, 6.45) is 0.180. The minimum Gasteiger partial charge on any atom is -0.444 e. The molecule has 0 saturated carbocycles. The number of carbonyl (C=O) groups is 3. The summed E-state index contributed by atoms with van der Waals surface area (Å²) in [6, 6.07) is 2.93. The van der Waals surface area contributed by atoms with E-state index >= 15 is 0 Å². The van der Waals surface area contributed by atoms with E-state index in [2.05, 4.69) is 15.2 Å². The highest BCUT2D eigenvalue weighted by Crippen LogP contribution is 2.23. The number of aromatic nitrogens is 3. The maximum atomic E-state index is 12.9. The van der Waals surface area contributed by atoms with E-state index in [0.717, 1.165) is 5.69 Å². The number of pyridine rings is 1. The molecule has 1 N–H and O–H groups in total. The topological polar surface area (TPSA) is 119 Å². The number of piperidine rings is 1. The van der Waals surface area contributed by atoms with Crippen LogP contribution in [0.25, 0.3) is 11.2 Å². The molecule has 2 fully saturated rings. The third-order valence-electron chi connectivity index (χ3n) is 5.91.